The second-order valence-electron chi connectivity index (χ2n) is 4.93. The summed E-state index contributed by atoms with van der Waals surface area (Å²) in [7, 11) is 0. The molecule has 1 unspecified atom stereocenters. The van der Waals surface area contributed by atoms with E-state index in [1.165, 1.54) is 5.56 Å². The van der Waals surface area contributed by atoms with E-state index in [0.717, 1.165) is 16.2 Å². The van der Waals surface area contributed by atoms with E-state index in [4.69, 9.17) is 0 Å². The molecule has 1 heterocycles. The van der Waals surface area contributed by atoms with E-state index >= 15 is 0 Å². The number of aromatic nitrogens is 1. The van der Waals surface area contributed by atoms with Crippen molar-refractivity contribution < 1.29 is 0 Å². The van der Waals surface area contributed by atoms with Crippen molar-refractivity contribution in [3.8, 4) is 0 Å². The first-order valence-electron chi connectivity index (χ1n) is 5.09. The predicted octanol–water partition coefficient (Wildman–Crippen LogP) is 4.44. The molecule has 0 fully saturated rings. The van der Waals surface area contributed by atoms with Gasteiger partial charge in [-0.15, -0.1) is 0 Å². The normalized spacial score (nSPS) is 13.9. The Bertz CT molecular complexity index is 318. The van der Waals surface area contributed by atoms with Crippen LogP contribution in [0.1, 0.15) is 26.3 Å². The van der Waals surface area contributed by atoms with E-state index in [1.54, 1.807) is 0 Å². The molecule has 0 aliphatic heterocycles. The van der Waals surface area contributed by atoms with Gasteiger partial charge in [0, 0.05) is 22.2 Å². The SMILES string of the molecule is CC(C)(C)C(CBr)Cc1cncc(Br)c1. The van der Waals surface area contributed by atoms with Gasteiger partial charge in [-0.05, 0) is 45.3 Å². The number of rotatable bonds is 3. The van der Waals surface area contributed by atoms with Crippen molar-refractivity contribution >= 4 is 31.9 Å². The molecule has 1 aromatic heterocycles. The summed E-state index contributed by atoms with van der Waals surface area (Å²) < 4.78 is 1.06. The van der Waals surface area contributed by atoms with E-state index in [2.05, 4.69) is 63.7 Å². The Morgan fingerprint density at radius 1 is 1.33 bits per heavy atom. The van der Waals surface area contributed by atoms with Crippen LogP contribution < -0.4 is 0 Å². The summed E-state index contributed by atoms with van der Waals surface area (Å²) in [6.45, 7) is 6.85. The van der Waals surface area contributed by atoms with E-state index < -0.39 is 0 Å². The molecule has 0 saturated heterocycles. The molecule has 0 N–H and O–H groups in total. The summed E-state index contributed by atoms with van der Waals surface area (Å²) >= 11 is 7.05. The first-order chi connectivity index (χ1) is 6.93. The van der Waals surface area contributed by atoms with Crippen molar-refractivity contribution in [2.75, 3.05) is 5.33 Å². The van der Waals surface area contributed by atoms with Crippen LogP contribution in [0.2, 0.25) is 0 Å². The molecule has 0 spiro atoms. The number of nitrogens with zero attached hydrogens (tertiary/aromatic N) is 1. The summed E-state index contributed by atoms with van der Waals surface area (Å²) in [5.41, 5.74) is 1.62. The molecule has 1 rings (SSSR count). The lowest BCUT2D eigenvalue weighted by Crippen LogP contribution is -2.24. The van der Waals surface area contributed by atoms with Crippen LogP contribution in [0.25, 0.3) is 0 Å². The Balaban J connectivity index is 2.76. The third-order valence-corrected chi connectivity index (χ3v) is 3.87. The quantitative estimate of drug-likeness (QED) is 0.744. The van der Waals surface area contributed by atoms with Crippen LogP contribution in [-0.4, -0.2) is 10.3 Å². The van der Waals surface area contributed by atoms with E-state index in [-0.39, 0.29) is 0 Å². The zero-order valence-electron chi connectivity index (χ0n) is 9.43. The highest BCUT2D eigenvalue weighted by atomic mass is 79.9. The highest BCUT2D eigenvalue weighted by molar-refractivity contribution is 9.10. The molecule has 1 nitrogen and oxygen atoms in total. The molecular formula is C12H17Br2N. The van der Waals surface area contributed by atoms with Crippen molar-refractivity contribution in [1.82, 2.24) is 4.98 Å². The molecule has 0 radical (unpaired) electrons. The molecule has 0 saturated carbocycles. The zero-order valence-corrected chi connectivity index (χ0v) is 12.6. The molecule has 0 aromatic carbocycles. The summed E-state index contributed by atoms with van der Waals surface area (Å²) in [5.74, 6) is 0.633. The van der Waals surface area contributed by atoms with E-state index in [1.807, 2.05) is 12.4 Å². The van der Waals surface area contributed by atoms with Gasteiger partial charge in [-0.1, -0.05) is 36.7 Å². The van der Waals surface area contributed by atoms with Gasteiger partial charge in [-0.2, -0.15) is 0 Å². The standard InChI is InChI=1S/C12H17Br2N/c1-12(2,3)10(6-13)4-9-5-11(14)8-15-7-9/h5,7-8,10H,4,6H2,1-3H3. The molecule has 1 aromatic rings. The van der Waals surface area contributed by atoms with Crippen LogP contribution in [0, 0.1) is 11.3 Å². The summed E-state index contributed by atoms with van der Waals surface area (Å²) in [6.07, 6.45) is 4.84. The van der Waals surface area contributed by atoms with Gasteiger partial charge in [0.25, 0.3) is 0 Å². The lowest BCUT2D eigenvalue weighted by Gasteiger charge is -2.29. The minimum absolute atomic E-state index is 0.325. The molecule has 3 heteroatoms. The topological polar surface area (TPSA) is 12.9 Å². The maximum absolute atomic E-state index is 4.19. The minimum Gasteiger partial charge on any atom is -0.263 e. The Morgan fingerprint density at radius 2 is 2.00 bits per heavy atom. The Labute approximate surface area is 109 Å². The number of alkyl halides is 1. The molecule has 0 bridgehead atoms. The molecule has 84 valence electrons. The third kappa shape index (κ3) is 4.23. The monoisotopic (exact) mass is 333 g/mol. The first-order valence-corrected chi connectivity index (χ1v) is 7.00. The van der Waals surface area contributed by atoms with Crippen LogP contribution in [-0.2, 0) is 6.42 Å². The second kappa shape index (κ2) is 5.44. The van der Waals surface area contributed by atoms with Crippen molar-refractivity contribution in [2.24, 2.45) is 11.3 Å². The largest absolute Gasteiger partial charge is 0.263 e. The minimum atomic E-state index is 0.325. The van der Waals surface area contributed by atoms with Crippen molar-refractivity contribution in [3.63, 3.8) is 0 Å². The van der Waals surface area contributed by atoms with Gasteiger partial charge in [-0.3, -0.25) is 4.98 Å². The Hall–Kier alpha value is 0.110. The summed E-state index contributed by atoms with van der Waals surface area (Å²) in [5, 5.41) is 1.03. The van der Waals surface area contributed by atoms with Crippen LogP contribution in [0.3, 0.4) is 0 Å². The fourth-order valence-electron chi connectivity index (χ4n) is 1.44. The summed E-state index contributed by atoms with van der Waals surface area (Å²) in [4.78, 5) is 4.19. The van der Waals surface area contributed by atoms with Gasteiger partial charge >= 0.3 is 0 Å². The number of hydrogen-bond donors (Lipinski definition) is 0. The van der Waals surface area contributed by atoms with Crippen LogP contribution in [0.4, 0.5) is 0 Å². The number of pyridine rings is 1. The van der Waals surface area contributed by atoms with Crippen molar-refractivity contribution in [2.45, 2.75) is 27.2 Å². The van der Waals surface area contributed by atoms with Crippen molar-refractivity contribution in [3.05, 3.63) is 28.5 Å². The Morgan fingerprint density at radius 3 is 2.47 bits per heavy atom. The fraction of sp³-hybridized carbons (Fsp3) is 0.583. The summed E-state index contributed by atoms with van der Waals surface area (Å²) in [6, 6.07) is 2.15. The molecule has 0 aliphatic carbocycles. The van der Waals surface area contributed by atoms with E-state index in [9.17, 15) is 0 Å². The Kier molecular flexibility index (Phi) is 4.78. The van der Waals surface area contributed by atoms with Crippen LogP contribution in [0.5, 0.6) is 0 Å². The predicted molar refractivity (Wildman–Crippen MR) is 72.4 cm³/mol. The maximum Gasteiger partial charge on any atom is 0.0410 e. The number of hydrogen-bond acceptors (Lipinski definition) is 1. The first kappa shape index (κ1) is 13.2. The molecule has 0 amide bonds. The molecule has 15 heavy (non-hydrogen) atoms. The maximum atomic E-state index is 4.19. The lowest BCUT2D eigenvalue weighted by atomic mass is 9.79. The fourth-order valence-corrected chi connectivity index (χ4v) is 3.06. The van der Waals surface area contributed by atoms with Gasteiger partial charge in [0.1, 0.15) is 0 Å². The lowest BCUT2D eigenvalue weighted by molar-refractivity contribution is 0.266. The highest BCUT2D eigenvalue weighted by Gasteiger charge is 2.23. The van der Waals surface area contributed by atoms with Crippen LogP contribution >= 0.6 is 31.9 Å². The van der Waals surface area contributed by atoms with Crippen molar-refractivity contribution in [1.29, 1.82) is 0 Å². The molecule has 0 aliphatic rings. The van der Waals surface area contributed by atoms with Gasteiger partial charge in [-0.25, -0.2) is 0 Å². The molecule has 1 atom stereocenters. The average molecular weight is 335 g/mol. The van der Waals surface area contributed by atoms with Crippen LogP contribution in [0.15, 0.2) is 22.9 Å². The van der Waals surface area contributed by atoms with Gasteiger partial charge in [0.15, 0.2) is 0 Å². The van der Waals surface area contributed by atoms with Gasteiger partial charge in [0.2, 0.25) is 0 Å². The third-order valence-electron chi connectivity index (χ3n) is 2.65. The van der Waals surface area contributed by atoms with E-state index in [0.29, 0.717) is 11.3 Å². The van der Waals surface area contributed by atoms with Gasteiger partial charge in [0.05, 0.1) is 0 Å². The zero-order chi connectivity index (χ0) is 11.5. The second-order valence-corrected chi connectivity index (χ2v) is 6.50. The smallest absolute Gasteiger partial charge is 0.0410 e. The van der Waals surface area contributed by atoms with Gasteiger partial charge < -0.3 is 0 Å². The number of halogens is 2. The highest BCUT2D eigenvalue weighted by Crippen LogP contribution is 2.30. The molecular weight excluding hydrogens is 318 g/mol. The average Bonchev–Trinajstić information content (AvgIpc) is 2.12.